The number of pyridine rings is 1. The van der Waals surface area contributed by atoms with E-state index in [2.05, 4.69) is 4.98 Å². The van der Waals surface area contributed by atoms with Crippen molar-refractivity contribution in [2.45, 2.75) is 0 Å². The number of halogens is 5. The Bertz CT molecular complexity index is 559. The quantitative estimate of drug-likeness (QED) is 0.584. The zero-order valence-corrected chi connectivity index (χ0v) is 11.9. The molecule has 1 heterocycles. The maximum Gasteiger partial charge on any atom is 0.0890 e. The number of rotatable bonds is 1. The molecule has 88 valence electrons. The molecule has 0 unspecified atom stereocenters. The van der Waals surface area contributed by atoms with E-state index in [9.17, 15) is 0 Å². The third kappa shape index (κ3) is 2.81. The molecule has 1 nitrogen and oxygen atoms in total. The van der Waals surface area contributed by atoms with Crippen LogP contribution in [-0.4, -0.2) is 4.98 Å². The first-order valence-corrected chi connectivity index (χ1v) is 6.34. The molecule has 1 aromatic carbocycles. The van der Waals surface area contributed by atoms with Crippen LogP contribution < -0.4 is 0 Å². The van der Waals surface area contributed by atoms with Crippen molar-refractivity contribution in [2.75, 3.05) is 0 Å². The minimum atomic E-state index is 0.308. The summed E-state index contributed by atoms with van der Waals surface area (Å²) >= 11 is 29.6. The molecule has 0 aliphatic carbocycles. The van der Waals surface area contributed by atoms with Gasteiger partial charge in [-0.05, 0) is 18.2 Å². The predicted octanol–water partition coefficient (Wildman–Crippen LogP) is 6.02. The van der Waals surface area contributed by atoms with Crippen LogP contribution in [0, 0.1) is 0 Å². The highest BCUT2D eigenvalue weighted by atomic mass is 35.5. The Kier molecular flexibility index (Phi) is 4.06. The first-order chi connectivity index (χ1) is 7.99. The second kappa shape index (κ2) is 5.21. The summed E-state index contributed by atoms with van der Waals surface area (Å²) in [5.74, 6) is 0. The van der Waals surface area contributed by atoms with Gasteiger partial charge in [-0.2, -0.15) is 0 Å². The van der Waals surface area contributed by atoms with E-state index >= 15 is 0 Å². The van der Waals surface area contributed by atoms with Crippen molar-refractivity contribution in [3.8, 4) is 11.3 Å². The van der Waals surface area contributed by atoms with Gasteiger partial charge in [0.1, 0.15) is 0 Å². The van der Waals surface area contributed by atoms with Crippen LogP contribution in [0.5, 0.6) is 0 Å². The highest BCUT2D eigenvalue weighted by molar-refractivity contribution is 6.48. The third-order valence-electron chi connectivity index (χ3n) is 2.07. The maximum absolute atomic E-state index is 6.04. The minimum Gasteiger partial charge on any atom is -0.253 e. The van der Waals surface area contributed by atoms with E-state index in [-0.39, 0.29) is 0 Å². The van der Waals surface area contributed by atoms with Crippen molar-refractivity contribution >= 4 is 58.0 Å². The van der Waals surface area contributed by atoms with Crippen LogP contribution in [0.1, 0.15) is 0 Å². The van der Waals surface area contributed by atoms with E-state index in [0.29, 0.717) is 36.4 Å². The lowest BCUT2D eigenvalue weighted by molar-refractivity contribution is 1.33. The molecule has 17 heavy (non-hydrogen) atoms. The van der Waals surface area contributed by atoms with Gasteiger partial charge in [0.05, 0.1) is 30.8 Å². The highest BCUT2D eigenvalue weighted by Gasteiger charge is 2.11. The lowest BCUT2D eigenvalue weighted by Crippen LogP contribution is -1.86. The lowest BCUT2D eigenvalue weighted by Gasteiger charge is -2.06. The maximum atomic E-state index is 6.04. The molecule has 0 spiro atoms. The van der Waals surface area contributed by atoms with Crippen LogP contribution in [0.2, 0.25) is 25.1 Å². The first-order valence-electron chi connectivity index (χ1n) is 4.45. The largest absolute Gasteiger partial charge is 0.253 e. The molecule has 2 rings (SSSR count). The number of hydrogen-bond donors (Lipinski definition) is 0. The summed E-state index contributed by atoms with van der Waals surface area (Å²) in [5.41, 5.74) is 1.24. The van der Waals surface area contributed by atoms with E-state index in [1.165, 1.54) is 6.20 Å². The molecular weight excluding hydrogens is 323 g/mol. The van der Waals surface area contributed by atoms with Crippen LogP contribution in [0.4, 0.5) is 0 Å². The molecule has 0 fully saturated rings. The molecule has 1 aromatic heterocycles. The molecule has 0 aliphatic heterocycles. The molecule has 0 N–H and O–H groups in total. The summed E-state index contributed by atoms with van der Waals surface area (Å²) in [7, 11) is 0. The van der Waals surface area contributed by atoms with Gasteiger partial charge in [-0.15, -0.1) is 0 Å². The van der Waals surface area contributed by atoms with Crippen molar-refractivity contribution in [1.82, 2.24) is 4.98 Å². The minimum absolute atomic E-state index is 0.308. The van der Waals surface area contributed by atoms with Crippen LogP contribution in [0.3, 0.4) is 0 Å². The van der Waals surface area contributed by atoms with Crippen molar-refractivity contribution in [1.29, 1.82) is 0 Å². The average molecular weight is 327 g/mol. The normalized spacial score (nSPS) is 10.6. The number of aromatic nitrogens is 1. The Morgan fingerprint density at radius 3 is 1.88 bits per heavy atom. The van der Waals surface area contributed by atoms with Gasteiger partial charge in [0.15, 0.2) is 0 Å². The Morgan fingerprint density at radius 2 is 1.35 bits per heavy atom. The number of nitrogens with zero attached hydrogens (tertiary/aromatic N) is 1. The van der Waals surface area contributed by atoms with Crippen molar-refractivity contribution in [3.63, 3.8) is 0 Å². The van der Waals surface area contributed by atoms with E-state index in [1.807, 2.05) is 0 Å². The SMILES string of the molecule is Clc1cnc(-c2cc(Cl)c(Cl)c(Cl)c2)c(Cl)c1. The van der Waals surface area contributed by atoms with Crippen LogP contribution >= 0.6 is 58.0 Å². The molecule has 0 bridgehead atoms. The molecule has 0 amide bonds. The first kappa shape index (κ1) is 13.3. The average Bonchev–Trinajstić information content (AvgIpc) is 2.25. The second-order valence-corrected chi connectivity index (χ2v) is 5.27. The highest BCUT2D eigenvalue weighted by Crippen LogP contribution is 2.36. The molecular formula is C11H4Cl5N. The van der Waals surface area contributed by atoms with Crippen molar-refractivity contribution in [2.24, 2.45) is 0 Å². The fourth-order valence-corrected chi connectivity index (χ4v) is 2.40. The van der Waals surface area contributed by atoms with Crippen LogP contribution in [0.15, 0.2) is 24.4 Å². The predicted molar refractivity (Wildman–Crippen MR) is 74.7 cm³/mol. The monoisotopic (exact) mass is 325 g/mol. The lowest BCUT2D eigenvalue weighted by atomic mass is 10.1. The molecule has 6 heteroatoms. The summed E-state index contributed by atoms with van der Waals surface area (Å²) in [6, 6.07) is 4.90. The zero-order valence-electron chi connectivity index (χ0n) is 8.15. The summed E-state index contributed by atoms with van der Waals surface area (Å²) in [6.07, 6.45) is 1.50. The summed E-state index contributed by atoms with van der Waals surface area (Å²) in [4.78, 5) is 4.14. The van der Waals surface area contributed by atoms with Gasteiger partial charge in [-0.3, -0.25) is 4.98 Å². The van der Waals surface area contributed by atoms with Crippen LogP contribution in [-0.2, 0) is 0 Å². The zero-order chi connectivity index (χ0) is 12.6. The van der Waals surface area contributed by atoms with Crippen LogP contribution in [0.25, 0.3) is 11.3 Å². The molecule has 0 saturated carbocycles. The number of benzene rings is 1. The molecule has 0 radical (unpaired) electrons. The van der Waals surface area contributed by atoms with Crippen molar-refractivity contribution < 1.29 is 0 Å². The van der Waals surface area contributed by atoms with E-state index in [4.69, 9.17) is 58.0 Å². The van der Waals surface area contributed by atoms with E-state index < -0.39 is 0 Å². The van der Waals surface area contributed by atoms with Gasteiger partial charge in [0.25, 0.3) is 0 Å². The Morgan fingerprint density at radius 1 is 0.765 bits per heavy atom. The van der Waals surface area contributed by atoms with Gasteiger partial charge >= 0.3 is 0 Å². The molecule has 0 saturated heterocycles. The molecule has 2 aromatic rings. The van der Waals surface area contributed by atoms with E-state index in [1.54, 1.807) is 18.2 Å². The van der Waals surface area contributed by atoms with Gasteiger partial charge in [-0.25, -0.2) is 0 Å². The Hall–Kier alpha value is -0.180. The third-order valence-corrected chi connectivity index (χ3v) is 3.76. The topological polar surface area (TPSA) is 12.9 Å². The smallest absolute Gasteiger partial charge is 0.0890 e. The van der Waals surface area contributed by atoms with E-state index in [0.717, 1.165) is 0 Å². The van der Waals surface area contributed by atoms with Gasteiger partial charge < -0.3 is 0 Å². The molecule has 0 aliphatic rings. The fourth-order valence-electron chi connectivity index (χ4n) is 1.32. The van der Waals surface area contributed by atoms with Gasteiger partial charge in [0.2, 0.25) is 0 Å². The second-order valence-electron chi connectivity index (χ2n) is 3.24. The standard InChI is InChI=1S/C11H4Cl5N/c12-6-3-9(15)11(17-4-6)5-1-7(13)10(16)8(14)2-5/h1-4H. The fraction of sp³-hybridized carbons (Fsp3) is 0. The summed E-state index contributed by atoms with van der Waals surface area (Å²) < 4.78 is 0. The summed E-state index contributed by atoms with van der Waals surface area (Å²) in [6.45, 7) is 0. The molecule has 0 atom stereocenters. The Balaban J connectivity index is 2.61. The Labute approximate surface area is 123 Å². The van der Waals surface area contributed by atoms with Crippen molar-refractivity contribution in [3.05, 3.63) is 49.5 Å². The van der Waals surface area contributed by atoms with Gasteiger partial charge in [-0.1, -0.05) is 58.0 Å². The van der Waals surface area contributed by atoms with Gasteiger partial charge in [0, 0.05) is 11.8 Å². The number of hydrogen-bond acceptors (Lipinski definition) is 1. The summed E-state index contributed by atoms with van der Waals surface area (Å²) in [5, 5.41) is 1.89.